The second-order valence-electron chi connectivity index (χ2n) is 8.04. The van der Waals surface area contributed by atoms with Gasteiger partial charge >= 0.3 is 0 Å². The summed E-state index contributed by atoms with van der Waals surface area (Å²) >= 11 is 0. The molecule has 0 aliphatic carbocycles. The molecule has 1 amide bonds. The molecule has 0 radical (unpaired) electrons. The third kappa shape index (κ3) is 5.16. The third-order valence-corrected chi connectivity index (χ3v) is 5.81. The number of nitrogens with one attached hydrogen (secondary N) is 1. The molecule has 0 aliphatic heterocycles. The Kier molecular flexibility index (Phi) is 6.83. The van der Waals surface area contributed by atoms with Crippen molar-refractivity contribution in [1.29, 1.82) is 0 Å². The number of carbonyl (C=O) groups excluding carboxylic acids is 1. The van der Waals surface area contributed by atoms with Crippen LogP contribution in [0.2, 0.25) is 0 Å². The van der Waals surface area contributed by atoms with E-state index in [1.54, 1.807) is 0 Å². The molecule has 4 rings (SSSR count). The molecule has 4 heteroatoms. The highest BCUT2D eigenvalue weighted by atomic mass is 16.4. The van der Waals surface area contributed by atoms with Gasteiger partial charge in [0.1, 0.15) is 6.09 Å². The van der Waals surface area contributed by atoms with E-state index in [9.17, 15) is 9.90 Å². The lowest BCUT2D eigenvalue weighted by molar-refractivity contribution is -0.269. The Hall–Kier alpha value is -3.63. The number of nitrogens with zero attached hydrogens (tertiary/aromatic N) is 1. The molecule has 4 aromatic carbocycles. The van der Waals surface area contributed by atoms with Crippen molar-refractivity contribution in [1.82, 2.24) is 10.2 Å². The van der Waals surface area contributed by atoms with Crippen molar-refractivity contribution in [2.75, 3.05) is 0 Å². The van der Waals surface area contributed by atoms with E-state index in [1.165, 1.54) is 10.3 Å². The molecule has 0 heterocycles. The SMILES string of the molecule is C[C@@H](N[C@H](Cc1ccccc1)N(Cc1ccccc1)C(=O)[O-])c1cccc2ccccc12. The van der Waals surface area contributed by atoms with Crippen LogP contribution in [0.1, 0.15) is 29.7 Å². The first-order chi connectivity index (χ1) is 15.6. The quantitative estimate of drug-likeness (QED) is 0.410. The molecule has 162 valence electrons. The van der Waals surface area contributed by atoms with E-state index in [-0.39, 0.29) is 12.6 Å². The fraction of sp³-hybridized carbons (Fsp3) is 0.179. The van der Waals surface area contributed by atoms with Crippen LogP contribution in [0.3, 0.4) is 0 Å². The first-order valence-corrected chi connectivity index (χ1v) is 10.9. The molecule has 0 spiro atoms. The maximum atomic E-state index is 12.2. The summed E-state index contributed by atoms with van der Waals surface area (Å²) in [5.41, 5.74) is 3.13. The van der Waals surface area contributed by atoms with Gasteiger partial charge in [0.15, 0.2) is 0 Å². The number of carbonyl (C=O) groups is 1. The number of amides is 1. The Morgan fingerprint density at radius 1 is 0.812 bits per heavy atom. The van der Waals surface area contributed by atoms with Gasteiger partial charge in [0, 0.05) is 19.0 Å². The molecule has 0 fully saturated rings. The number of carboxylic acid groups (broad SMARTS) is 1. The average Bonchev–Trinajstić information content (AvgIpc) is 2.83. The highest BCUT2D eigenvalue weighted by Crippen LogP contribution is 2.25. The van der Waals surface area contributed by atoms with Gasteiger partial charge in [-0.2, -0.15) is 0 Å². The van der Waals surface area contributed by atoms with Crippen LogP contribution in [0.5, 0.6) is 0 Å². The summed E-state index contributed by atoms with van der Waals surface area (Å²) in [4.78, 5) is 13.6. The van der Waals surface area contributed by atoms with Crippen LogP contribution in [0.15, 0.2) is 103 Å². The molecule has 0 aromatic heterocycles. The van der Waals surface area contributed by atoms with Gasteiger partial charge in [-0.3, -0.25) is 5.32 Å². The minimum atomic E-state index is -1.19. The molecule has 0 saturated carbocycles. The molecule has 4 aromatic rings. The molecule has 0 aliphatic rings. The number of benzene rings is 4. The molecule has 32 heavy (non-hydrogen) atoms. The molecule has 4 nitrogen and oxygen atoms in total. The maximum Gasteiger partial charge on any atom is 0.138 e. The lowest BCUT2D eigenvalue weighted by atomic mass is 9.99. The van der Waals surface area contributed by atoms with Crippen LogP contribution in [0, 0.1) is 0 Å². The molecule has 0 saturated heterocycles. The molecular weight excluding hydrogens is 396 g/mol. The van der Waals surface area contributed by atoms with Crippen molar-refractivity contribution in [2.45, 2.75) is 32.1 Å². The highest BCUT2D eigenvalue weighted by Gasteiger charge is 2.22. The van der Waals surface area contributed by atoms with Crippen molar-refractivity contribution in [3.63, 3.8) is 0 Å². The van der Waals surface area contributed by atoms with Crippen molar-refractivity contribution in [2.24, 2.45) is 0 Å². The van der Waals surface area contributed by atoms with E-state index in [0.717, 1.165) is 22.1 Å². The van der Waals surface area contributed by atoms with Gasteiger partial charge in [-0.25, -0.2) is 0 Å². The summed E-state index contributed by atoms with van der Waals surface area (Å²) in [6.07, 6.45) is -1.10. The summed E-state index contributed by atoms with van der Waals surface area (Å²) in [7, 11) is 0. The zero-order valence-electron chi connectivity index (χ0n) is 18.1. The second-order valence-corrected chi connectivity index (χ2v) is 8.04. The van der Waals surface area contributed by atoms with E-state index in [0.29, 0.717) is 6.42 Å². The van der Waals surface area contributed by atoms with Gasteiger partial charge in [0.25, 0.3) is 0 Å². The van der Waals surface area contributed by atoms with Crippen molar-refractivity contribution in [3.8, 4) is 0 Å². The zero-order chi connectivity index (χ0) is 22.3. The van der Waals surface area contributed by atoms with Crippen LogP contribution in [0.4, 0.5) is 4.79 Å². The van der Waals surface area contributed by atoms with Crippen molar-refractivity contribution in [3.05, 3.63) is 120 Å². The summed E-state index contributed by atoms with van der Waals surface area (Å²) in [6.45, 7) is 2.34. The largest absolute Gasteiger partial charge is 0.530 e. The Labute approximate surface area is 189 Å². The zero-order valence-corrected chi connectivity index (χ0v) is 18.1. The molecular formula is C28H27N2O2-. The number of hydrogen-bond acceptors (Lipinski definition) is 3. The molecule has 0 unspecified atom stereocenters. The normalized spacial score (nSPS) is 12.9. The Morgan fingerprint density at radius 3 is 2.09 bits per heavy atom. The van der Waals surface area contributed by atoms with Crippen molar-refractivity contribution < 1.29 is 9.90 Å². The fourth-order valence-corrected chi connectivity index (χ4v) is 4.18. The van der Waals surface area contributed by atoms with Gasteiger partial charge in [0.05, 0.1) is 6.17 Å². The number of rotatable bonds is 8. The first-order valence-electron chi connectivity index (χ1n) is 10.9. The first kappa shape index (κ1) is 21.6. The van der Waals surface area contributed by atoms with Crippen molar-refractivity contribution >= 4 is 16.9 Å². The smallest absolute Gasteiger partial charge is 0.138 e. The summed E-state index contributed by atoms with van der Waals surface area (Å²) in [5, 5.41) is 18.2. The van der Waals surface area contributed by atoms with Gasteiger partial charge in [-0.1, -0.05) is 103 Å². The predicted molar refractivity (Wildman–Crippen MR) is 127 cm³/mol. The van der Waals surface area contributed by atoms with E-state index < -0.39 is 12.3 Å². The van der Waals surface area contributed by atoms with Crippen LogP contribution in [-0.4, -0.2) is 17.2 Å². The monoisotopic (exact) mass is 423 g/mol. The average molecular weight is 424 g/mol. The van der Waals surface area contributed by atoms with E-state index in [4.69, 9.17) is 0 Å². The number of fused-ring (bicyclic) bond motifs is 1. The van der Waals surface area contributed by atoms with Gasteiger partial charge < -0.3 is 14.8 Å². The molecule has 0 bridgehead atoms. The summed E-state index contributed by atoms with van der Waals surface area (Å²) in [6, 6.07) is 34.0. The van der Waals surface area contributed by atoms with Crippen LogP contribution >= 0.6 is 0 Å². The lowest BCUT2D eigenvalue weighted by Crippen LogP contribution is -2.54. The molecule has 2 atom stereocenters. The van der Waals surface area contributed by atoms with Gasteiger partial charge in [-0.15, -0.1) is 0 Å². The second kappa shape index (κ2) is 10.1. The summed E-state index contributed by atoms with van der Waals surface area (Å²) < 4.78 is 0. The highest BCUT2D eigenvalue weighted by molar-refractivity contribution is 5.86. The van der Waals surface area contributed by atoms with E-state index in [1.807, 2.05) is 78.9 Å². The standard InChI is InChI=1S/C28H28N2O2/c1-21(25-18-10-16-24-15-8-9-17-26(24)25)29-27(19-22-11-4-2-5-12-22)30(28(31)32)20-23-13-6-3-7-14-23/h2-18,21,27,29H,19-20H2,1H3,(H,31,32)/p-1/t21-,27+/m1/s1. The third-order valence-electron chi connectivity index (χ3n) is 5.81. The maximum absolute atomic E-state index is 12.2. The van der Waals surface area contributed by atoms with Crippen LogP contribution < -0.4 is 10.4 Å². The lowest BCUT2D eigenvalue weighted by Gasteiger charge is -2.37. The van der Waals surface area contributed by atoms with E-state index in [2.05, 4.69) is 36.5 Å². The Morgan fingerprint density at radius 2 is 1.41 bits per heavy atom. The van der Waals surface area contributed by atoms with Crippen LogP contribution in [0.25, 0.3) is 10.8 Å². The fourth-order valence-electron chi connectivity index (χ4n) is 4.18. The minimum Gasteiger partial charge on any atom is -0.530 e. The Bertz CT molecular complexity index is 1160. The Balaban J connectivity index is 1.65. The predicted octanol–water partition coefficient (Wildman–Crippen LogP) is 4.90. The number of hydrogen-bond donors (Lipinski definition) is 1. The van der Waals surface area contributed by atoms with Crippen LogP contribution in [-0.2, 0) is 13.0 Å². The van der Waals surface area contributed by atoms with Gasteiger partial charge in [0.2, 0.25) is 0 Å². The topological polar surface area (TPSA) is 55.4 Å². The summed E-state index contributed by atoms with van der Waals surface area (Å²) in [5.74, 6) is 0. The van der Waals surface area contributed by atoms with E-state index >= 15 is 0 Å². The minimum absolute atomic E-state index is 0.0626. The van der Waals surface area contributed by atoms with Gasteiger partial charge in [-0.05, 0) is 34.4 Å². The molecule has 1 N–H and O–H groups in total.